The minimum Gasteiger partial charge on any atom is -0.491 e. The number of nitrogens with one attached hydrogen (secondary N) is 2. The molecule has 0 radical (unpaired) electrons. The summed E-state index contributed by atoms with van der Waals surface area (Å²) in [6.45, 7) is 20.9. The molecule has 10 nitrogen and oxygen atoms in total. The Bertz CT molecular complexity index is 3210. The molecular weight excluding hydrogens is 897 g/mol. The Kier molecular flexibility index (Phi) is 14.3. The van der Waals surface area contributed by atoms with Crippen LogP contribution < -0.4 is 18.9 Å². The van der Waals surface area contributed by atoms with Gasteiger partial charge in [-0.2, -0.15) is 0 Å². The fourth-order valence-electron chi connectivity index (χ4n) is 10.9. The van der Waals surface area contributed by atoms with Gasteiger partial charge < -0.3 is 38.4 Å². The van der Waals surface area contributed by atoms with E-state index < -0.39 is 0 Å². The van der Waals surface area contributed by atoms with Crippen molar-refractivity contribution in [1.29, 1.82) is 0 Å². The summed E-state index contributed by atoms with van der Waals surface area (Å²) in [6.07, 6.45) is 3.22. The van der Waals surface area contributed by atoms with E-state index >= 15 is 0 Å². The van der Waals surface area contributed by atoms with Crippen molar-refractivity contribution < 1.29 is 28.4 Å². The molecule has 370 valence electrons. The fraction of sp³-hybridized carbons (Fsp3) is 0.323. The predicted molar refractivity (Wildman–Crippen MR) is 293 cm³/mol. The number of benzene rings is 4. The average molecular weight is 963 g/mol. The quantitative estimate of drug-likeness (QED) is 0.168. The van der Waals surface area contributed by atoms with Crippen LogP contribution in [0.2, 0.25) is 0 Å². The number of hydrogen-bond donors (Lipinski definition) is 2. The lowest BCUT2D eigenvalue weighted by molar-refractivity contribution is 0.0766. The number of ether oxygens (including phenoxy) is 6. The molecule has 4 aliphatic rings. The van der Waals surface area contributed by atoms with E-state index in [2.05, 4.69) is 126 Å². The summed E-state index contributed by atoms with van der Waals surface area (Å²) in [7, 11) is 0. The van der Waals surface area contributed by atoms with Crippen LogP contribution in [0.5, 0.6) is 23.0 Å². The maximum Gasteiger partial charge on any atom is 0.127 e. The zero-order chi connectivity index (χ0) is 49.9. The zero-order valence-electron chi connectivity index (χ0n) is 43.1. The Labute approximate surface area is 423 Å². The molecule has 7 aromatic rings. The Morgan fingerprint density at radius 3 is 1.22 bits per heavy atom. The van der Waals surface area contributed by atoms with Crippen LogP contribution in [-0.2, 0) is 22.3 Å². The Hall–Kier alpha value is -7.14. The summed E-state index contributed by atoms with van der Waals surface area (Å²) in [5.74, 6) is 3.08. The minimum atomic E-state index is 0.355. The van der Waals surface area contributed by atoms with Gasteiger partial charge in [-0.3, -0.25) is 0 Å². The molecule has 0 saturated heterocycles. The number of rotatable bonds is 4. The van der Waals surface area contributed by atoms with E-state index in [1.165, 1.54) is 33.4 Å². The number of aromatic nitrogens is 4. The van der Waals surface area contributed by atoms with Gasteiger partial charge in [0.05, 0.1) is 60.2 Å². The molecule has 7 heterocycles. The van der Waals surface area contributed by atoms with Crippen LogP contribution in [0, 0.1) is 13.8 Å². The third-order valence-corrected chi connectivity index (χ3v) is 14.6. The molecule has 72 heavy (non-hydrogen) atoms. The molecule has 3 aromatic heterocycles. The summed E-state index contributed by atoms with van der Waals surface area (Å²) in [6, 6.07) is 33.3. The summed E-state index contributed by atoms with van der Waals surface area (Å²) in [5.41, 5.74) is 21.4. The second-order valence-electron chi connectivity index (χ2n) is 18.6. The van der Waals surface area contributed by atoms with E-state index in [9.17, 15) is 0 Å². The third kappa shape index (κ3) is 9.07. The standard InChI is InChI=1S/C62H66N4O6/c1-9-41-37(5)49-35-50-39(7)43(11-3)61(65-50)58-48-20-14-16-24-56(48)72-34-30-68-28-32-70-54-26-18-21-45-46(54)22-17-25-53(45)69-31-27-67-29-33-71-55-23-15-13-19-47(55)57(59(41)63-49)60-42(10-2)38(6)51(64-60)36-52-40(8)44(12-4)62(58)66-52/h13-26,35-36,63,65H,9-12,27-34H2,1-8H3. The molecule has 14 bridgehead atoms. The van der Waals surface area contributed by atoms with Crippen molar-refractivity contribution in [3.05, 3.63) is 142 Å². The van der Waals surface area contributed by atoms with Crippen LogP contribution in [0.4, 0.5) is 0 Å². The lowest BCUT2D eigenvalue weighted by Crippen LogP contribution is -2.13. The molecule has 0 atom stereocenters. The van der Waals surface area contributed by atoms with E-state index in [0.717, 1.165) is 138 Å². The van der Waals surface area contributed by atoms with Gasteiger partial charge in [0.2, 0.25) is 0 Å². The Morgan fingerprint density at radius 2 is 0.819 bits per heavy atom. The molecule has 0 amide bonds. The van der Waals surface area contributed by atoms with Crippen LogP contribution in [0.1, 0.15) is 99.4 Å². The number of aromatic amines is 2. The topological polar surface area (TPSA) is 113 Å². The highest BCUT2D eigenvalue weighted by Gasteiger charge is 2.28. The molecule has 0 spiro atoms. The maximum absolute atomic E-state index is 6.70. The van der Waals surface area contributed by atoms with Gasteiger partial charge >= 0.3 is 0 Å². The van der Waals surface area contributed by atoms with Gasteiger partial charge in [-0.15, -0.1) is 0 Å². The molecule has 0 aliphatic carbocycles. The molecule has 11 rings (SSSR count). The summed E-state index contributed by atoms with van der Waals surface area (Å²) < 4.78 is 38.3. The van der Waals surface area contributed by atoms with E-state index in [4.69, 9.17) is 38.4 Å². The van der Waals surface area contributed by atoms with Gasteiger partial charge in [0, 0.05) is 44.1 Å². The van der Waals surface area contributed by atoms with Crippen LogP contribution in [-0.4, -0.2) is 72.8 Å². The van der Waals surface area contributed by atoms with Crippen LogP contribution in [0.3, 0.4) is 0 Å². The number of H-pyrrole nitrogens is 2. The number of allylic oxidation sites excluding steroid dienone is 4. The van der Waals surface area contributed by atoms with Gasteiger partial charge in [-0.05, 0) is 134 Å². The minimum absolute atomic E-state index is 0.355. The highest BCUT2D eigenvalue weighted by Crippen LogP contribution is 2.47. The molecule has 0 fully saturated rings. The molecule has 4 aliphatic heterocycles. The lowest BCUT2D eigenvalue weighted by Gasteiger charge is -2.16. The maximum atomic E-state index is 6.70. The van der Waals surface area contributed by atoms with Crippen molar-refractivity contribution in [2.45, 2.75) is 81.1 Å². The van der Waals surface area contributed by atoms with E-state index in [1.807, 2.05) is 36.4 Å². The van der Waals surface area contributed by atoms with Crippen molar-refractivity contribution in [3.63, 3.8) is 0 Å². The van der Waals surface area contributed by atoms with E-state index in [0.29, 0.717) is 52.9 Å². The average Bonchev–Trinajstić information content (AvgIpc) is 4.09. The predicted octanol–water partition coefficient (Wildman–Crippen LogP) is 14.5. The van der Waals surface area contributed by atoms with Gasteiger partial charge in [-0.25, -0.2) is 9.97 Å². The SMILES string of the molecule is CCC1=C(C)c2cc3nc(c4c5[nH]c(cc6[nH]c(c(CC)c6C)c(c1n2)-c1ccccc1OCCOCCOc1cccc2c(cccc12)OCCOCCOc1ccccc1-4)c(C)c5CC)C(CC)=C3C. The van der Waals surface area contributed by atoms with Gasteiger partial charge in [0.1, 0.15) is 49.4 Å². The zero-order valence-corrected chi connectivity index (χ0v) is 43.1. The first-order valence-electron chi connectivity index (χ1n) is 25.8. The van der Waals surface area contributed by atoms with Gasteiger partial charge in [0.25, 0.3) is 0 Å². The highest BCUT2D eigenvalue weighted by atomic mass is 16.6. The molecule has 2 N–H and O–H groups in total. The van der Waals surface area contributed by atoms with Crippen molar-refractivity contribution >= 4 is 55.1 Å². The van der Waals surface area contributed by atoms with Gasteiger partial charge in [0.15, 0.2) is 0 Å². The molecule has 10 heteroatoms. The van der Waals surface area contributed by atoms with Crippen molar-refractivity contribution in [1.82, 2.24) is 19.9 Å². The number of aryl methyl sites for hydroxylation is 4. The monoisotopic (exact) mass is 962 g/mol. The number of fused-ring (bicyclic) bond motifs is 12. The van der Waals surface area contributed by atoms with Gasteiger partial charge in [-0.1, -0.05) is 88.4 Å². The number of para-hydroxylation sites is 2. The first-order chi connectivity index (χ1) is 35.2. The molecule has 0 saturated carbocycles. The highest BCUT2D eigenvalue weighted by molar-refractivity contribution is 6.04. The second kappa shape index (κ2) is 21.3. The van der Waals surface area contributed by atoms with Crippen LogP contribution in [0.15, 0.2) is 97.1 Å². The summed E-state index contributed by atoms with van der Waals surface area (Å²) in [4.78, 5) is 19.3. The van der Waals surface area contributed by atoms with Crippen molar-refractivity contribution in [2.24, 2.45) is 0 Å². The third-order valence-electron chi connectivity index (χ3n) is 14.6. The van der Waals surface area contributed by atoms with E-state index in [-0.39, 0.29) is 0 Å². The normalized spacial score (nSPS) is 14.9. The summed E-state index contributed by atoms with van der Waals surface area (Å²) in [5, 5.41) is 1.95. The number of hydrogen-bond acceptors (Lipinski definition) is 8. The molecule has 0 unspecified atom stereocenters. The second-order valence-corrected chi connectivity index (χ2v) is 18.6. The fourth-order valence-corrected chi connectivity index (χ4v) is 10.9. The van der Waals surface area contributed by atoms with Crippen LogP contribution >= 0.6 is 0 Å². The first kappa shape index (κ1) is 48.5. The largest absolute Gasteiger partial charge is 0.491 e. The molecule has 4 aromatic carbocycles. The van der Waals surface area contributed by atoms with E-state index in [1.54, 1.807) is 0 Å². The number of nitrogens with zero attached hydrogens (tertiary/aromatic N) is 2. The Morgan fingerprint density at radius 1 is 0.431 bits per heavy atom. The Balaban J connectivity index is 1.21. The smallest absolute Gasteiger partial charge is 0.127 e. The van der Waals surface area contributed by atoms with Crippen molar-refractivity contribution in [3.8, 4) is 45.3 Å². The van der Waals surface area contributed by atoms with Crippen molar-refractivity contribution in [2.75, 3.05) is 52.9 Å². The first-order valence-corrected chi connectivity index (χ1v) is 25.8. The lowest BCUT2D eigenvalue weighted by atomic mass is 9.93. The summed E-state index contributed by atoms with van der Waals surface area (Å²) >= 11 is 0. The molecular formula is C62H66N4O6. The van der Waals surface area contributed by atoms with Crippen LogP contribution in [0.25, 0.3) is 77.4 Å².